The van der Waals surface area contributed by atoms with E-state index in [2.05, 4.69) is 216 Å². The van der Waals surface area contributed by atoms with Crippen molar-refractivity contribution >= 4 is 60.4 Å². The molecule has 0 amide bonds. The zero-order valence-electron chi connectivity index (χ0n) is 28.5. The number of nitrogens with zero attached hydrogens (tertiary/aromatic N) is 2. The molecule has 1 heterocycles. The maximum absolute atomic E-state index is 2.40. The van der Waals surface area contributed by atoms with Crippen LogP contribution >= 0.6 is 0 Å². The first kappa shape index (κ1) is 30.0. The van der Waals surface area contributed by atoms with Crippen molar-refractivity contribution in [1.82, 2.24) is 4.57 Å². The summed E-state index contributed by atoms with van der Waals surface area (Å²) in [5.74, 6) is 0. The third-order valence-corrected chi connectivity index (χ3v) is 10.4. The normalized spacial score (nSPS) is 11.5. The van der Waals surface area contributed by atoms with Crippen LogP contribution in [0.1, 0.15) is 0 Å². The molecule has 0 aliphatic carbocycles. The van der Waals surface area contributed by atoms with Gasteiger partial charge in [-0.1, -0.05) is 146 Å². The molecule has 0 saturated heterocycles. The number of fused-ring (bicyclic) bond motifs is 6. The molecule has 2 heteroatoms. The van der Waals surface area contributed by atoms with E-state index < -0.39 is 0 Å². The van der Waals surface area contributed by atoms with Gasteiger partial charge in [0.15, 0.2) is 0 Å². The monoisotopic (exact) mass is 662 g/mol. The van der Waals surface area contributed by atoms with Crippen LogP contribution in [0.25, 0.3) is 71.3 Å². The Morgan fingerprint density at radius 1 is 0.288 bits per heavy atom. The first-order chi connectivity index (χ1) is 25.8. The van der Waals surface area contributed by atoms with Crippen molar-refractivity contribution in [3.05, 3.63) is 206 Å². The molecule has 2 nitrogen and oxygen atoms in total. The van der Waals surface area contributed by atoms with Gasteiger partial charge in [0.05, 0.1) is 11.0 Å². The van der Waals surface area contributed by atoms with E-state index in [4.69, 9.17) is 0 Å². The summed E-state index contributed by atoms with van der Waals surface area (Å²) >= 11 is 0. The average molecular weight is 663 g/mol. The molecule has 0 radical (unpaired) electrons. The van der Waals surface area contributed by atoms with Gasteiger partial charge in [0.1, 0.15) is 0 Å². The molecule has 0 aliphatic heterocycles. The van der Waals surface area contributed by atoms with Crippen molar-refractivity contribution in [2.75, 3.05) is 4.90 Å². The van der Waals surface area contributed by atoms with Crippen LogP contribution in [0.2, 0.25) is 0 Å². The molecular formula is C50H34N2. The van der Waals surface area contributed by atoms with Crippen LogP contribution in [0.15, 0.2) is 206 Å². The van der Waals surface area contributed by atoms with E-state index in [1.54, 1.807) is 0 Å². The van der Waals surface area contributed by atoms with Gasteiger partial charge in [0, 0.05) is 33.5 Å². The highest BCUT2D eigenvalue weighted by Crippen LogP contribution is 2.40. The molecule has 1 aromatic heterocycles. The Kier molecular flexibility index (Phi) is 7.18. The summed E-state index contributed by atoms with van der Waals surface area (Å²) in [7, 11) is 0. The Hall–Kier alpha value is -6.90. The number of hydrogen-bond donors (Lipinski definition) is 0. The largest absolute Gasteiger partial charge is 0.310 e. The zero-order valence-corrected chi connectivity index (χ0v) is 28.5. The molecule has 0 saturated carbocycles. The number of anilines is 3. The highest BCUT2D eigenvalue weighted by Gasteiger charge is 2.16. The second kappa shape index (κ2) is 12.5. The first-order valence-electron chi connectivity index (χ1n) is 17.8. The zero-order chi connectivity index (χ0) is 34.4. The van der Waals surface area contributed by atoms with E-state index in [0.717, 1.165) is 17.1 Å². The lowest BCUT2D eigenvalue weighted by Gasteiger charge is -2.26. The molecular weight excluding hydrogens is 629 g/mol. The molecule has 0 aliphatic rings. The van der Waals surface area contributed by atoms with Crippen molar-refractivity contribution in [2.45, 2.75) is 0 Å². The van der Waals surface area contributed by atoms with Crippen LogP contribution in [-0.4, -0.2) is 4.57 Å². The highest BCUT2D eigenvalue weighted by molar-refractivity contribution is 6.12. The van der Waals surface area contributed by atoms with E-state index >= 15 is 0 Å². The Bertz CT molecular complexity index is 2730. The Balaban J connectivity index is 1.10. The van der Waals surface area contributed by atoms with Crippen molar-refractivity contribution < 1.29 is 0 Å². The van der Waals surface area contributed by atoms with Gasteiger partial charge in [-0.25, -0.2) is 0 Å². The number of rotatable bonds is 6. The number of benzene rings is 9. The van der Waals surface area contributed by atoms with Crippen molar-refractivity contribution in [3.8, 4) is 27.9 Å². The van der Waals surface area contributed by atoms with Crippen LogP contribution in [0, 0.1) is 0 Å². The van der Waals surface area contributed by atoms with Gasteiger partial charge in [-0.2, -0.15) is 0 Å². The lowest BCUT2D eigenvalue weighted by Crippen LogP contribution is -2.09. The molecule has 10 rings (SSSR count). The average Bonchev–Trinajstić information content (AvgIpc) is 3.56. The minimum absolute atomic E-state index is 1.11. The molecule has 0 unspecified atom stereocenters. The second-order valence-corrected chi connectivity index (χ2v) is 13.4. The third-order valence-electron chi connectivity index (χ3n) is 10.4. The molecule has 9 aromatic carbocycles. The summed E-state index contributed by atoms with van der Waals surface area (Å²) in [4.78, 5) is 2.36. The van der Waals surface area contributed by atoms with Crippen molar-refractivity contribution in [1.29, 1.82) is 0 Å². The Morgan fingerprint density at radius 2 is 0.750 bits per heavy atom. The van der Waals surface area contributed by atoms with Crippen LogP contribution in [0.4, 0.5) is 17.1 Å². The van der Waals surface area contributed by atoms with E-state index in [-0.39, 0.29) is 0 Å². The minimum atomic E-state index is 1.11. The summed E-state index contributed by atoms with van der Waals surface area (Å²) in [6, 6.07) is 74.7. The fourth-order valence-corrected chi connectivity index (χ4v) is 7.83. The molecule has 52 heavy (non-hydrogen) atoms. The van der Waals surface area contributed by atoms with E-state index in [1.165, 1.54) is 71.3 Å². The van der Waals surface area contributed by atoms with Crippen LogP contribution in [0.5, 0.6) is 0 Å². The van der Waals surface area contributed by atoms with E-state index in [0.29, 0.717) is 0 Å². The molecule has 0 fully saturated rings. The lowest BCUT2D eigenvalue weighted by molar-refractivity contribution is 1.19. The number of hydrogen-bond acceptors (Lipinski definition) is 1. The SMILES string of the molecule is c1ccc(-c2ccc(N(c3ccc(-c4ccccc4)cc3)c3ccc4c(ccc5ccc(-n6c7ccccc7c7ccccc76)cc54)c3)cc2)cc1. The standard InChI is InChI=1S/C50H34N2/c1-3-11-35(12-4-1)37-21-26-41(27-22-37)51(42-28-23-38(24-29-42)36-13-5-2-6-14-36)43-31-32-45-40(33-43)20-19-39-25-30-44(34-48(39)45)52-49-17-9-7-15-46(49)47-16-8-10-18-50(47)52/h1-34H. The molecule has 244 valence electrons. The number of para-hydroxylation sites is 2. The second-order valence-electron chi connectivity index (χ2n) is 13.4. The quantitative estimate of drug-likeness (QED) is 0.161. The first-order valence-corrected chi connectivity index (χ1v) is 17.8. The van der Waals surface area contributed by atoms with Crippen LogP contribution < -0.4 is 4.90 Å². The predicted molar refractivity (Wildman–Crippen MR) is 221 cm³/mol. The van der Waals surface area contributed by atoms with Gasteiger partial charge in [-0.15, -0.1) is 0 Å². The summed E-state index contributed by atoms with van der Waals surface area (Å²) in [5.41, 5.74) is 11.8. The van der Waals surface area contributed by atoms with Gasteiger partial charge in [0.2, 0.25) is 0 Å². The Morgan fingerprint density at radius 3 is 1.33 bits per heavy atom. The summed E-state index contributed by atoms with van der Waals surface area (Å²) in [6.07, 6.45) is 0. The lowest BCUT2D eigenvalue weighted by atomic mass is 10.00. The van der Waals surface area contributed by atoms with Gasteiger partial charge < -0.3 is 9.47 Å². The van der Waals surface area contributed by atoms with Crippen LogP contribution in [0.3, 0.4) is 0 Å². The third kappa shape index (κ3) is 5.12. The minimum Gasteiger partial charge on any atom is -0.310 e. The van der Waals surface area contributed by atoms with E-state index in [9.17, 15) is 0 Å². The maximum atomic E-state index is 2.40. The van der Waals surface area contributed by atoms with Crippen molar-refractivity contribution in [2.24, 2.45) is 0 Å². The maximum Gasteiger partial charge on any atom is 0.0541 e. The molecule has 10 aromatic rings. The topological polar surface area (TPSA) is 8.17 Å². The Labute approximate surface area is 303 Å². The number of aromatic nitrogens is 1. The van der Waals surface area contributed by atoms with Crippen molar-refractivity contribution in [3.63, 3.8) is 0 Å². The molecule has 0 spiro atoms. The highest BCUT2D eigenvalue weighted by atomic mass is 15.1. The van der Waals surface area contributed by atoms with Gasteiger partial charge >= 0.3 is 0 Å². The molecule has 0 atom stereocenters. The summed E-state index contributed by atoms with van der Waals surface area (Å²) in [6.45, 7) is 0. The van der Waals surface area contributed by atoms with Gasteiger partial charge in [-0.05, 0) is 104 Å². The fraction of sp³-hybridized carbons (Fsp3) is 0. The van der Waals surface area contributed by atoms with Gasteiger partial charge in [-0.3, -0.25) is 0 Å². The van der Waals surface area contributed by atoms with E-state index in [1.807, 2.05) is 0 Å². The summed E-state index contributed by atoms with van der Waals surface area (Å²) in [5, 5.41) is 7.46. The van der Waals surface area contributed by atoms with Gasteiger partial charge in [0.25, 0.3) is 0 Å². The van der Waals surface area contributed by atoms with Crippen LogP contribution in [-0.2, 0) is 0 Å². The smallest absolute Gasteiger partial charge is 0.0541 e. The molecule has 0 bridgehead atoms. The summed E-state index contributed by atoms with van der Waals surface area (Å²) < 4.78 is 2.40. The fourth-order valence-electron chi connectivity index (χ4n) is 7.83. The molecule has 0 N–H and O–H groups in total. The predicted octanol–water partition coefficient (Wildman–Crippen LogP) is 13.9.